The van der Waals surface area contributed by atoms with Crippen LogP contribution in [0.15, 0.2) is 59.8 Å². The molecular weight excluding hydrogens is 310 g/mol. The van der Waals surface area contributed by atoms with E-state index < -0.39 is 10.0 Å². The summed E-state index contributed by atoms with van der Waals surface area (Å²) >= 11 is 5.90. The average molecular weight is 322 g/mol. The molecule has 0 saturated heterocycles. The van der Waals surface area contributed by atoms with Crippen LogP contribution in [-0.2, 0) is 16.6 Å². The zero-order chi connectivity index (χ0) is 14.9. The average Bonchev–Trinajstić information content (AvgIpc) is 2.88. The lowest BCUT2D eigenvalue weighted by Gasteiger charge is -2.04. The van der Waals surface area contributed by atoms with Crippen molar-refractivity contribution < 1.29 is 8.42 Å². The molecule has 2 aromatic heterocycles. The van der Waals surface area contributed by atoms with Gasteiger partial charge in [-0.2, -0.15) is 0 Å². The van der Waals surface area contributed by atoms with Crippen LogP contribution in [0.1, 0.15) is 5.69 Å². The molecule has 0 atom stereocenters. The molecule has 5 nitrogen and oxygen atoms in total. The number of imidazole rings is 1. The molecule has 0 fully saturated rings. The molecule has 0 aliphatic heterocycles. The third-order valence-corrected chi connectivity index (χ3v) is 4.60. The predicted octanol–water partition coefficient (Wildman–Crippen LogP) is 2.47. The number of nitrogens with one attached hydrogen (secondary N) is 1. The summed E-state index contributed by atoms with van der Waals surface area (Å²) in [5, 5.41) is 0.594. The summed E-state index contributed by atoms with van der Waals surface area (Å²) in [7, 11) is -3.53. The van der Waals surface area contributed by atoms with E-state index in [2.05, 4.69) is 9.71 Å². The fourth-order valence-electron chi connectivity index (χ4n) is 1.95. The second kappa shape index (κ2) is 5.48. The summed E-state index contributed by atoms with van der Waals surface area (Å²) < 4.78 is 28.5. The van der Waals surface area contributed by atoms with E-state index in [0.717, 1.165) is 0 Å². The van der Waals surface area contributed by atoms with Crippen LogP contribution in [0, 0.1) is 0 Å². The number of benzene rings is 1. The number of sulfonamides is 1. The van der Waals surface area contributed by atoms with Gasteiger partial charge in [0.05, 0.1) is 22.2 Å². The zero-order valence-electron chi connectivity index (χ0n) is 10.9. The summed E-state index contributed by atoms with van der Waals surface area (Å²) in [6.07, 6.45) is 3.47. The van der Waals surface area contributed by atoms with Crippen molar-refractivity contribution in [2.45, 2.75) is 11.4 Å². The summed E-state index contributed by atoms with van der Waals surface area (Å²) in [5.41, 5.74) is 1.34. The highest BCUT2D eigenvalue weighted by Gasteiger charge is 2.13. The van der Waals surface area contributed by atoms with Crippen LogP contribution in [0.25, 0.3) is 5.65 Å². The number of nitrogens with zero attached hydrogens (tertiary/aromatic N) is 2. The fourth-order valence-corrected chi connectivity index (χ4v) is 3.14. The number of halogens is 1. The van der Waals surface area contributed by atoms with Crippen molar-refractivity contribution in [2.24, 2.45) is 0 Å². The van der Waals surface area contributed by atoms with Gasteiger partial charge < -0.3 is 4.40 Å². The van der Waals surface area contributed by atoms with E-state index >= 15 is 0 Å². The monoisotopic (exact) mass is 321 g/mol. The van der Waals surface area contributed by atoms with Crippen LogP contribution in [-0.4, -0.2) is 17.8 Å². The normalized spacial score (nSPS) is 11.9. The molecule has 0 unspecified atom stereocenters. The third-order valence-electron chi connectivity index (χ3n) is 2.96. The molecule has 1 aromatic carbocycles. The van der Waals surface area contributed by atoms with E-state index in [1.165, 1.54) is 0 Å². The zero-order valence-corrected chi connectivity index (χ0v) is 12.5. The summed E-state index contributed by atoms with van der Waals surface area (Å²) in [5.74, 6) is 0. The molecule has 2 heterocycles. The van der Waals surface area contributed by atoms with Crippen LogP contribution < -0.4 is 4.72 Å². The smallest absolute Gasteiger partial charge is 0.240 e. The predicted molar refractivity (Wildman–Crippen MR) is 80.7 cm³/mol. The fraction of sp³-hybridized carbons (Fsp3) is 0.0714. The number of rotatable bonds is 4. The molecule has 21 heavy (non-hydrogen) atoms. The minimum Gasteiger partial charge on any atom is -0.305 e. The molecule has 0 spiro atoms. The molecule has 108 valence electrons. The molecule has 0 aliphatic rings. The largest absolute Gasteiger partial charge is 0.305 e. The Labute approximate surface area is 127 Å². The standard InChI is InChI=1S/C14H12ClN3O2S/c15-11-6-7-14-17-12(10-18(14)9-11)8-16-21(19,20)13-4-2-1-3-5-13/h1-7,9-10,16H,8H2. The van der Waals surface area contributed by atoms with Crippen LogP contribution in [0.5, 0.6) is 0 Å². The van der Waals surface area contributed by atoms with Crippen LogP contribution in [0.2, 0.25) is 5.02 Å². The number of hydrogen-bond acceptors (Lipinski definition) is 3. The Morgan fingerprint density at radius 3 is 2.62 bits per heavy atom. The third kappa shape index (κ3) is 3.07. The van der Waals surface area contributed by atoms with Gasteiger partial charge in [0, 0.05) is 12.4 Å². The topological polar surface area (TPSA) is 63.5 Å². The van der Waals surface area contributed by atoms with Gasteiger partial charge in [0.2, 0.25) is 10.0 Å². The first-order valence-electron chi connectivity index (χ1n) is 6.22. The SMILES string of the molecule is O=S(=O)(NCc1cn2cc(Cl)ccc2n1)c1ccccc1. The Kier molecular flexibility index (Phi) is 3.67. The van der Waals surface area contributed by atoms with Crippen LogP contribution in [0.3, 0.4) is 0 Å². The number of pyridine rings is 1. The van der Waals surface area contributed by atoms with Gasteiger partial charge in [0.15, 0.2) is 0 Å². The molecule has 0 amide bonds. The van der Waals surface area contributed by atoms with E-state index in [0.29, 0.717) is 16.4 Å². The maximum absolute atomic E-state index is 12.1. The Morgan fingerprint density at radius 2 is 1.86 bits per heavy atom. The van der Waals surface area contributed by atoms with Crippen LogP contribution in [0.4, 0.5) is 0 Å². The maximum atomic E-state index is 12.1. The summed E-state index contributed by atoms with van der Waals surface area (Å²) in [6, 6.07) is 11.7. The first kappa shape index (κ1) is 14.1. The van der Waals surface area contributed by atoms with Gasteiger partial charge in [-0.05, 0) is 24.3 Å². The van der Waals surface area contributed by atoms with Gasteiger partial charge in [-0.1, -0.05) is 29.8 Å². The highest BCUT2D eigenvalue weighted by atomic mass is 35.5. The first-order valence-corrected chi connectivity index (χ1v) is 8.08. The molecule has 0 saturated carbocycles. The highest BCUT2D eigenvalue weighted by molar-refractivity contribution is 7.89. The van der Waals surface area contributed by atoms with Gasteiger partial charge in [0.25, 0.3) is 0 Å². The molecule has 3 aromatic rings. The first-order chi connectivity index (χ1) is 10.0. The molecule has 0 radical (unpaired) electrons. The van der Waals surface area contributed by atoms with Gasteiger partial charge >= 0.3 is 0 Å². The lowest BCUT2D eigenvalue weighted by atomic mass is 10.4. The Morgan fingerprint density at radius 1 is 1.10 bits per heavy atom. The Balaban J connectivity index is 1.80. The Bertz CT molecular complexity index is 876. The van der Waals surface area contributed by atoms with Crippen LogP contribution >= 0.6 is 11.6 Å². The van der Waals surface area contributed by atoms with E-state index in [4.69, 9.17) is 11.6 Å². The quantitative estimate of drug-likeness (QED) is 0.803. The summed E-state index contributed by atoms with van der Waals surface area (Å²) in [4.78, 5) is 4.56. The van der Waals surface area contributed by atoms with E-state index in [1.807, 2.05) is 0 Å². The number of hydrogen-bond donors (Lipinski definition) is 1. The van der Waals surface area contributed by atoms with E-state index in [1.54, 1.807) is 59.3 Å². The lowest BCUT2D eigenvalue weighted by molar-refractivity contribution is 0.580. The van der Waals surface area contributed by atoms with Crippen molar-refractivity contribution in [3.05, 3.63) is 65.6 Å². The number of fused-ring (bicyclic) bond motifs is 1. The second-order valence-corrected chi connectivity index (χ2v) is 6.69. The number of aromatic nitrogens is 2. The van der Waals surface area contributed by atoms with Crippen molar-refractivity contribution in [3.63, 3.8) is 0 Å². The van der Waals surface area contributed by atoms with Gasteiger partial charge in [-0.25, -0.2) is 18.1 Å². The minimum atomic E-state index is -3.53. The van der Waals surface area contributed by atoms with Crippen molar-refractivity contribution in [1.82, 2.24) is 14.1 Å². The molecular formula is C14H12ClN3O2S. The van der Waals surface area contributed by atoms with Gasteiger partial charge in [-0.3, -0.25) is 0 Å². The Hall–Kier alpha value is -1.89. The van der Waals surface area contributed by atoms with Crippen molar-refractivity contribution >= 4 is 27.3 Å². The molecule has 3 rings (SSSR count). The van der Waals surface area contributed by atoms with Crippen molar-refractivity contribution in [2.75, 3.05) is 0 Å². The van der Waals surface area contributed by atoms with Gasteiger partial charge in [-0.15, -0.1) is 0 Å². The molecule has 7 heteroatoms. The highest BCUT2D eigenvalue weighted by Crippen LogP contribution is 2.13. The van der Waals surface area contributed by atoms with Gasteiger partial charge in [0.1, 0.15) is 5.65 Å². The maximum Gasteiger partial charge on any atom is 0.240 e. The van der Waals surface area contributed by atoms with Crippen molar-refractivity contribution in [1.29, 1.82) is 0 Å². The second-order valence-electron chi connectivity index (χ2n) is 4.48. The minimum absolute atomic E-state index is 0.122. The van der Waals surface area contributed by atoms with E-state index in [-0.39, 0.29) is 11.4 Å². The molecule has 0 bridgehead atoms. The van der Waals surface area contributed by atoms with E-state index in [9.17, 15) is 8.42 Å². The molecule has 0 aliphatic carbocycles. The molecule has 1 N–H and O–H groups in total. The lowest BCUT2D eigenvalue weighted by Crippen LogP contribution is -2.23. The van der Waals surface area contributed by atoms with Crippen molar-refractivity contribution in [3.8, 4) is 0 Å². The summed E-state index contributed by atoms with van der Waals surface area (Å²) in [6.45, 7) is 0.122.